The first-order valence-corrected chi connectivity index (χ1v) is 5.57. The van der Waals surface area contributed by atoms with Crippen molar-refractivity contribution in [2.24, 2.45) is 7.05 Å². The highest BCUT2D eigenvalue weighted by molar-refractivity contribution is 5.54. The molecule has 0 bridgehead atoms. The lowest BCUT2D eigenvalue weighted by Crippen LogP contribution is -2.15. The molecule has 0 unspecified atom stereocenters. The molecular formula is C12H21N3. The van der Waals surface area contributed by atoms with E-state index in [1.165, 1.54) is 11.1 Å². The first-order valence-electron chi connectivity index (χ1n) is 5.57. The van der Waals surface area contributed by atoms with E-state index in [9.17, 15) is 0 Å². The van der Waals surface area contributed by atoms with Crippen molar-refractivity contribution in [2.75, 3.05) is 13.1 Å². The Bertz CT molecular complexity index is 337. The lowest BCUT2D eigenvalue weighted by Gasteiger charge is -2.04. The molecule has 1 N–H and O–H groups in total. The van der Waals surface area contributed by atoms with Gasteiger partial charge in [-0.05, 0) is 19.9 Å². The van der Waals surface area contributed by atoms with E-state index in [4.69, 9.17) is 0 Å². The largest absolute Gasteiger partial charge is 0.313 e. The van der Waals surface area contributed by atoms with E-state index in [1.54, 1.807) is 0 Å². The summed E-state index contributed by atoms with van der Waals surface area (Å²) in [5.41, 5.74) is 3.75. The van der Waals surface area contributed by atoms with Crippen LogP contribution in [0.3, 0.4) is 0 Å². The van der Waals surface area contributed by atoms with Gasteiger partial charge in [0.25, 0.3) is 0 Å². The van der Waals surface area contributed by atoms with Crippen LogP contribution >= 0.6 is 0 Å². The average Bonchev–Trinajstić information content (AvgIpc) is 2.52. The van der Waals surface area contributed by atoms with E-state index in [-0.39, 0.29) is 0 Å². The number of hydrogen-bond donors (Lipinski definition) is 1. The minimum atomic E-state index is 0.974. The van der Waals surface area contributed by atoms with E-state index < -0.39 is 0 Å². The number of hydrogen-bond acceptors (Lipinski definition) is 2. The van der Waals surface area contributed by atoms with Gasteiger partial charge < -0.3 is 5.32 Å². The zero-order chi connectivity index (χ0) is 11.3. The molecule has 0 amide bonds. The fraction of sp³-hybridized carbons (Fsp3) is 0.583. The number of nitrogens with one attached hydrogen (secondary N) is 1. The monoisotopic (exact) mass is 207 g/mol. The molecule has 0 aliphatic heterocycles. The fourth-order valence-corrected chi connectivity index (χ4v) is 1.54. The maximum absolute atomic E-state index is 4.33. The van der Waals surface area contributed by atoms with Crippen molar-refractivity contribution in [3.8, 4) is 0 Å². The summed E-state index contributed by atoms with van der Waals surface area (Å²) in [5, 5.41) is 7.68. The van der Waals surface area contributed by atoms with Crippen LogP contribution in [0.15, 0.2) is 11.8 Å². The molecule has 0 saturated heterocycles. The van der Waals surface area contributed by atoms with Crippen LogP contribution in [0.5, 0.6) is 0 Å². The van der Waals surface area contributed by atoms with Gasteiger partial charge in [-0.2, -0.15) is 5.10 Å². The normalized spacial score (nSPS) is 12.1. The standard InChI is InChI=1S/C12H21N3/c1-5-11(8-13-6-2)7-12-9-15(4)14-10(12)3/h7,9,13H,5-6,8H2,1-4H3. The van der Waals surface area contributed by atoms with Gasteiger partial charge in [-0.15, -0.1) is 0 Å². The van der Waals surface area contributed by atoms with Crippen LogP contribution in [0.1, 0.15) is 31.5 Å². The Morgan fingerprint density at radius 1 is 1.53 bits per heavy atom. The predicted molar refractivity (Wildman–Crippen MR) is 64.8 cm³/mol. The van der Waals surface area contributed by atoms with E-state index >= 15 is 0 Å². The van der Waals surface area contributed by atoms with Crippen LogP contribution in [-0.2, 0) is 7.05 Å². The van der Waals surface area contributed by atoms with Crippen molar-refractivity contribution in [3.05, 3.63) is 23.0 Å². The Labute approximate surface area is 92.2 Å². The molecule has 0 aromatic carbocycles. The second-order valence-electron chi connectivity index (χ2n) is 3.78. The van der Waals surface area contributed by atoms with Gasteiger partial charge in [0.05, 0.1) is 5.69 Å². The van der Waals surface area contributed by atoms with Crippen molar-refractivity contribution >= 4 is 6.08 Å². The smallest absolute Gasteiger partial charge is 0.0665 e. The molecule has 0 atom stereocenters. The van der Waals surface area contributed by atoms with Gasteiger partial charge in [0, 0.05) is 25.4 Å². The Morgan fingerprint density at radius 3 is 2.73 bits per heavy atom. The molecule has 0 radical (unpaired) electrons. The average molecular weight is 207 g/mol. The van der Waals surface area contributed by atoms with Gasteiger partial charge in [-0.25, -0.2) is 0 Å². The Hall–Kier alpha value is -1.09. The van der Waals surface area contributed by atoms with Gasteiger partial charge in [0.15, 0.2) is 0 Å². The molecule has 0 saturated carbocycles. The fourth-order valence-electron chi connectivity index (χ4n) is 1.54. The quantitative estimate of drug-likeness (QED) is 0.801. The molecule has 1 rings (SSSR count). The number of likely N-dealkylation sites (N-methyl/N-ethyl adjacent to an activating group) is 1. The highest BCUT2D eigenvalue weighted by atomic mass is 15.2. The second-order valence-corrected chi connectivity index (χ2v) is 3.78. The molecule has 84 valence electrons. The summed E-state index contributed by atoms with van der Waals surface area (Å²) in [6.07, 6.45) is 5.39. The Morgan fingerprint density at radius 2 is 2.27 bits per heavy atom. The Kier molecular flexibility index (Phi) is 4.56. The molecule has 15 heavy (non-hydrogen) atoms. The highest BCUT2D eigenvalue weighted by Crippen LogP contribution is 2.12. The van der Waals surface area contributed by atoms with Crippen LogP contribution < -0.4 is 5.32 Å². The number of rotatable bonds is 5. The van der Waals surface area contributed by atoms with Crippen molar-refractivity contribution < 1.29 is 0 Å². The summed E-state index contributed by atoms with van der Waals surface area (Å²) in [6, 6.07) is 0. The van der Waals surface area contributed by atoms with Crippen LogP contribution in [0.4, 0.5) is 0 Å². The summed E-state index contributed by atoms with van der Waals surface area (Å²) in [7, 11) is 1.96. The molecule has 1 heterocycles. The second kappa shape index (κ2) is 5.71. The Balaban J connectivity index is 2.78. The van der Waals surface area contributed by atoms with Crippen LogP contribution in [0.2, 0.25) is 0 Å². The minimum absolute atomic E-state index is 0.974. The summed E-state index contributed by atoms with van der Waals surface area (Å²) >= 11 is 0. The maximum atomic E-state index is 4.33. The molecular weight excluding hydrogens is 186 g/mol. The van der Waals surface area contributed by atoms with Crippen molar-refractivity contribution in [2.45, 2.75) is 27.2 Å². The maximum Gasteiger partial charge on any atom is 0.0665 e. The third kappa shape index (κ3) is 3.51. The number of aryl methyl sites for hydroxylation is 2. The van der Waals surface area contributed by atoms with Gasteiger partial charge in [0.1, 0.15) is 0 Å². The zero-order valence-electron chi connectivity index (χ0n) is 10.2. The van der Waals surface area contributed by atoms with Gasteiger partial charge in [0.2, 0.25) is 0 Å². The molecule has 1 aromatic rings. The summed E-state index contributed by atoms with van der Waals surface area (Å²) < 4.78 is 1.86. The van der Waals surface area contributed by atoms with E-state index in [0.29, 0.717) is 0 Å². The first-order chi connectivity index (χ1) is 7.17. The van der Waals surface area contributed by atoms with Gasteiger partial charge in [-0.1, -0.05) is 25.5 Å². The summed E-state index contributed by atoms with van der Waals surface area (Å²) in [4.78, 5) is 0. The molecule has 0 spiro atoms. The van der Waals surface area contributed by atoms with Crippen LogP contribution in [-0.4, -0.2) is 22.9 Å². The lowest BCUT2D eigenvalue weighted by atomic mass is 10.1. The first kappa shape index (κ1) is 12.0. The zero-order valence-corrected chi connectivity index (χ0v) is 10.2. The van der Waals surface area contributed by atoms with Crippen molar-refractivity contribution in [1.82, 2.24) is 15.1 Å². The summed E-state index contributed by atoms with van der Waals surface area (Å²) in [5.74, 6) is 0. The number of aromatic nitrogens is 2. The lowest BCUT2D eigenvalue weighted by molar-refractivity contribution is 0.756. The van der Waals surface area contributed by atoms with Crippen LogP contribution in [0.25, 0.3) is 6.08 Å². The molecule has 3 heteroatoms. The van der Waals surface area contributed by atoms with Crippen molar-refractivity contribution in [3.63, 3.8) is 0 Å². The molecule has 0 aliphatic rings. The SMILES string of the molecule is CCNCC(=Cc1cn(C)nc1C)CC. The summed E-state index contributed by atoms with van der Waals surface area (Å²) in [6.45, 7) is 8.36. The minimum Gasteiger partial charge on any atom is -0.313 e. The molecule has 0 aliphatic carbocycles. The van der Waals surface area contributed by atoms with Gasteiger partial charge in [-0.3, -0.25) is 4.68 Å². The molecule has 1 aromatic heterocycles. The molecule has 3 nitrogen and oxygen atoms in total. The third-order valence-electron chi connectivity index (χ3n) is 2.47. The predicted octanol–water partition coefficient (Wildman–Crippen LogP) is 2.13. The van der Waals surface area contributed by atoms with Gasteiger partial charge >= 0.3 is 0 Å². The van der Waals surface area contributed by atoms with E-state index in [1.807, 2.05) is 18.7 Å². The molecule has 0 fully saturated rings. The van der Waals surface area contributed by atoms with E-state index in [2.05, 4.69) is 36.5 Å². The third-order valence-corrected chi connectivity index (χ3v) is 2.47. The topological polar surface area (TPSA) is 29.9 Å². The van der Waals surface area contributed by atoms with E-state index in [0.717, 1.165) is 25.2 Å². The highest BCUT2D eigenvalue weighted by Gasteiger charge is 2.01. The van der Waals surface area contributed by atoms with Crippen molar-refractivity contribution in [1.29, 1.82) is 0 Å². The number of nitrogens with zero attached hydrogens (tertiary/aromatic N) is 2. The van der Waals surface area contributed by atoms with Crippen LogP contribution in [0, 0.1) is 6.92 Å².